The van der Waals surface area contributed by atoms with Gasteiger partial charge in [-0.25, -0.2) is 9.59 Å². The van der Waals surface area contributed by atoms with Crippen molar-refractivity contribution in [2.75, 3.05) is 6.61 Å². The minimum absolute atomic E-state index is 0.0518. The topological polar surface area (TPSA) is 200 Å². The van der Waals surface area contributed by atoms with Crippen LogP contribution in [0.4, 0.5) is 0 Å². The molecule has 0 saturated carbocycles. The van der Waals surface area contributed by atoms with Gasteiger partial charge in [-0.3, -0.25) is 14.4 Å². The third-order valence-corrected chi connectivity index (χ3v) is 10.9. The van der Waals surface area contributed by atoms with Gasteiger partial charge in [0.15, 0.2) is 30.9 Å². The van der Waals surface area contributed by atoms with Crippen molar-refractivity contribution in [2.45, 2.75) is 186 Å². The van der Waals surface area contributed by atoms with E-state index in [2.05, 4.69) is 6.92 Å². The molecule has 334 valence electrons. The van der Waals surface area contributed by atoms with Crippen LogP contribution in [0, 0.1) is 0 Å². The number of aliphatic hydroxyl groups excluding tert-OH is 2. The molecular formula is C45H64O15. The first-order chi connectivity index (χ1) is 28.8. The summed E-state index contributed by atoms with van der Waals surface area (Å²) in [5.74, 6) is -3.02. The quantitative estimate of drug-likeness (QED) is 0.128. The lowest BCUT2D eigenvalue weighted by Gasteiger charge is -2.47. The van der Waals surface area contributed by atoms with Gasteiger partial charge in [-0.05, 0) is 58.1 Å². The van der Waals surface area contributed by atoms with Crippen molar-refractivity contribution in [3.63, 3.8) is 0 Å². The Morgan fingerprint density at radius 2 is 1.53 bits per heavy atom. The van der Waals surface area contributed by atoms with Crippen LogP contribution in [0.2, 0.25) is 0 Å². The van der Waals surface area contributed by atoms with E-state index in [0.29, 0.717) is 24.8 Å². The Hall–Kier alpha value is -3.99. The summed E-state index contributed by atoms with van der Waals surface area (Å²) in [6, 6.07) is 8.94. The lowest BCUT2D eigenvalue weighted by Crippen LogP contribution is -2.65. The number of fused-ring (bicyclic) bond motifs is 3. The van der Waals surface area contributed by atoms with E-state index in [1.54, 1.807) is 38.1 Å². The van der Waals surface area contributed by atoms with E-state index in [-0.39, 0.29) is 36.7 Å². The number of hydrogen-bond donors (Lipinski definition) is 2. The van der Waals surface area contributed by atoms with Crippen molar-refractivity contribution in [2.24, 2.45) is 0 Å². The number of esters is 4. The first-order valence-corrected chi connectivity index (χ1v) is 21.4. The van der Waals surface area contributed by atoms with E-state index in [1.165, 1.54) is 26.0 Å². The Labute approximate surface area is 353 Å². The predicted octanol–water partition coefficient (Wildman–Crippen LogP) is 5.60. The molecule has 4 rings (SSSR count). The van der Waals surface area contributed by atoms with Crippen molar-refractivity contribution in [3.05, 3.63) is 53.6 Å². The van der Waals surface area contributed by atoms with Crippen molar-refractivity contribution >= 4 is 35.7 Å². The van der Waals surface area contributed by atoms with Crippen molar-refractivity contribution in [1.82, 2.24) is 0 Å². The zero-order valence-electron chi connectivity index (χ0n) is 35.6. The largest absolute Gasteiger partial charge is 0.463 e. The van der Waals surface area contributed by atoms with Crippen LogP contribution in [0.1, 0.15) is 124 Å². The summed E-state index contributed by atoms with van der Waals surface area (Å²) in [6.45, 7) is 7.50. The molecule has 15 nitrogen and oxygen atoms in total. The van der Waals surface area contributed by atoms with Crippen molar-refractivity contribution < 1.29 is 72.1 Å². The number of carbonyl (C=O) groups excluding carboxylic acids is 5. The number of carbonyl (C=O) groups is 5. The minimum Gasteiger partial charge on any atom is -0.463 e. The van der Waals surface area contributed by atoms with Crippen LogP contribution in [-0.2, 0) is 61.9 Å². The van der Waals surface area contributed by atoms with Gasteiger partial charge in [0.25, 0.3) is 0 Å². The Bertz CT molecular complexity index is 1590. The molecule has 11 unspecified atom stereocenters. The Morgan fingerprint density at radius 1 is 0.800 bits per heavy atom. The van der Waals surface area contributed by atoms with Gasteiger partial charge in [0.05, 0.1) is 12.2 Å². The Kier molecular flexibility index (Phi) is 20.3. The number of hydrogen-bond acceptors (Lipinski definition) is 15. The van der Waals surface area contributed by atoms with E-state index in [9.17, 15) is 34.2 Å². The molecule has 3 aliphatic rings. The summed E-state index contributed by atoms with van der Waals surface area (Å²) in [6.07, 6.45) is -2.52. The van der Waals surface area contributed by atoms with Gasteiger partial charge in [0, 0.05) is 37.8 Å². The molecule has 1 aromatic rings. The molecule has 3 aliphatic heterocycles. The van der Waals surface area contributed by atoms with Crippen LogP contribution in [0.15, 0.2) is 48.1 Å². The fourth-order valence-electron chi connectivity index (χ4n) is 7.35. The number of cyclic esters (lactones) is 1. The number of Topliss-reactive ketones (excluding diaryl/α,β-unsaturated/α-hetero) is 1. The second kappa shape index (κ2) is 25.1. The molecular weight excluding hydrogens is 780 g/mol. The molecule has 11 atom stereocenters. The molecule has 0 amide bonds. The van der Waals surface area contributed by atoms with Gasteiger partial charge >= 0.3 is 23.9 Å². The highest BCUT2D eigenvalue weighted by molar-refractivity contribution is 5.88. The van der Waals surface area contributed by atoms with E-state index < -0.39 is 91.9 Å². The molecule has 0 aliphatic carbocycles. The first-order valence-electron chi connectivity index (χ1n) is 21.4. The summed E-state index contributed by atoms with van der Waals surface area (Å²) in [4.78, 5) is 64.5. The van der Waals surface area contributed by atoms with E-state index in [0.717, 1.165) is 51.0 Å². The lowest BCUT2D eigenvalue weighted by molar-refractivity contribution is -0.369. The molecule has 0 radical (unpaired) electrons. The molecule has 1 aromatic carbocycles. The molecule has 3 saturated heterocycles. The van der Waals surface area contributed by atoms with Crippen LogP contribution < -0.4 is 0 Å². The summed E-state index contributed by atoms with van der Waals surface area (Å²) >= 11 is 0. The predicted molar refractivity (Wildman–Crippen MR) is 217 cm³/mol. The number of benzene rings is 1. The highest BCUT2D eigenvalue weighted by Crippen LogP contribution is 2.34. The maximum Gasteiger partial charge on any atom is 0.333 e. The van der Waals surface area contributed by atoms with Gasteiger partial charge in [-0.2, -0.15) is 0 Å². The summed E-state index contributed by atoms with van der Waals surface area (Å²) in [5.41, 5.74) is 0.873. The number of ketones is 1. The molecule has 0 aromatic heterocycles. The third kappa shape index (κ3) is 15.2. The monoisotopic (exact) mass is 844 g/mol. The van der Waals surface area contributed by atoms with Crippen molar-refractivity contribution in [1.29, 1.82) is 0 Å². The molecule has 60 heavy (non-hydrogen) atoms. The van der Waals surface area contributed by atoms with E-state index >= 15 is 0 Å². The smallest absolute Gasteiger partial charge is 0.333 e. The standard InChI is InChI=1S/C45H64O15/c1-6-8-12-22-33-23-16-10-9-15-20-32(47)21-17-24-35(48)53-27-34-40(58-36(49)26-25-31-18-13-11-14-19-31)41(59-43(52)28(3)7-2)38(51)44(57-34)60-42-37(50)39(55-30(5)46)29(4)54-45(42)56-33/h7,11,13-14,18-19,25-26,29,33-34,37-42,44-45,50-51H,6,8-10,12,15-17,20-24,27H2,1-5H3/b26-25-,28-7+. The van der Waals surface area contributed by atoms with Gasteiger partial charge < -0.3 is 48.1 Å². The zero-order valence-corrected chi connectivity index (χ0v) is 35.6. The van der Waals surface area contributed by atoms with E-state index in [1.807, 2.05) is 6.07 Å². The SMILES string of the molecule is C/C=C(\C)C(=O)OC1C(O)C2OC(COC(=O)CCCC(=O)CCCCCCC(CCCCC)OC3OC(C)C(OC(C)=O)C(O)C3O2)C1OC(=O)/C=C\c1ccccc1. The molecule has 2 N–H and O–H groups in total. The number of ether oxygens (including phenoxy) is 8. The van der Waals surface area contributed by atoms with Gasteiger partial charge in [0.1, 0.15) is 36.8 Å². The number of aliphatic hydroxyl groups is 2. The van der Waals surface area contributed by atoms with Crippen molar-refractivity contribution in [3.8, 4) is 0 Å². The third-order valence-electron chi connectivity index (χ3n) is 10.9. The highest BCUT2D eigenvalue weighted by atomic mass is 16.8. The molecule has 15 heteroatoms. The summed E-state index contributed by atoms with van der Waals surface area (Å²) in [7, 11) is 0. The Balaban J connectivity index is 1.74. The van der Waals surface area contributed by atoms with Gasteiger partial charge in [-0.15, -0.1) is 0 Å². The average molecular weight is 845 g/mol. The maximum absolute atomic E-state index is 13.4. The van der Waals surface area contributed by atoms with E-state index in [4.69, 9.17) is 37.9 Å². The fraction of sp³-hybridized carbons (Fsp3) is 0.667. The summed E-state index contributed by atoms with van der Waals surface area (Å²) in [5, 5.41) is 23.8. The van der Waals surface area contributed by atoms with Crippen LogP contribution in [0.25, 0.3) is 6.08 Å². The number of rotatable bonds is 10. The molecule has 0 spiro atoms. The normalized spacial score (nSPS) is 31.9. The van der Waals surface area contributed by atoms with Gasteiger partial charge in [0.2, 0.25) is 0 Å². The van der Waals surface area contributed by atoms with Crippen LogP contribution in [0.5, 0.6) is 0 Å². The summed E-state index contributed by atoms with van der Waals surface area (Å²) < 4.78 is 48.2. The maximum atomic E-state index is 13.4. The second-order valence-corrected chi connectivity index (χ2v) is 15.7. The highest BCUT2D eigenvalue weighted by Gasteiger charge is 2.55. The second-order valence-electron chi connectivity index (χ2n) is 15.7. The Morgan fingerprint density at radius 3 is 2.25 bits per heavy atom. The lowest BCUT2D eigenvalue weighted by atomic mass is 9.96. The zero-order chi connectivity index (χ0) is 43.6. The van der Waals surface area contributed by atoms with Gasteiger partial charge in [-0.1, -0.05) is 81.9 Å². The van der Waals surface area contributed by atoms with Crippen LogP contribution in [0.3, 0.4) is 0 Å². The molecule has 3 fully saturated rings. The number of unbranched alkanes of at least 4 members (excludes halogenated alkanes) is 2. The van der Waals surface area contributed by atoms with Crippen LogP contribution >= 0.6 is 0 Å². The molecule has 2 bridgehead atoms. The first kappa shape index (κ1) is 48.7. The van der Waals surface area contributed by atoms with Crippen LogP contribution in [-0.4, -0.2) is 114 Å². The fourth-order valence-corrected chi connectivity index (χ4v) is 7.35. The molecule has 3 heterocycles. The minimum atomic E-state index is -1.87. The number of allylic oxidation sites excluding steroid dienone is 1. The average Bonchev–Trinajstić information content (AvgIpc) is 3.22.